The minimum absolute atomic E-state index is 0.179. The van der Waals surface area contributed by atoms with E-state index >= 15 is 0 Å². The van der Waals surface area contributed by atoms with E-state index in [4.69, 9.17) is 0 Å². The van der Waals surface area contributed by atoms with Crippen molar-refractivity contribution in [1.82, 2.24) is 35.0 Å². The van der Waals surface area contributed by atoms with Crippen molar-refractivity contribution < 1.29 is 4.79 Å². The lowest BCUT2D eigenvalue weighted by molar-refractivity contribution is 0.0949. The molecule has 0 saturated carbocycles. The summed E-state index contributed by atoms with van der Waals surface area (Å²) in [6, 6.07) is 17.9. The molecule has 180 valence electrons. The normalized spacial score (nSPS) is 10.9. The van der Waals surface area contributed by atoms with Gasteiger partial charge in [-0.3, -0.25) is 19.3 Å². The molecule has 1 amide bonds. The molecule has 0 saturated heterocycles. The second-order valence-corrected chi connectivity index (χ2v) is 9.84. The molecule has 8 nitrogen and oxygen atoms in total. The first kappa shape index (κ1) is 23.8. The van der Waals surface area contributed by atoms with Crippen LogP contribution in [0, 0.1) is 6.92 Å². The van der Waals surface area contributed by atoms with Crippen LogP contribution in [0.5, 0.6) is 0 Å². The van der Waals surface area contributed by atoms with E-state index in [1.54, 1.807) is 24.0 Å². The van der Waals surface area contributed by atoms with E-state index in [9.17, 15) is 4.79 Å². The zero-order chi connectivity index (χ0) is 24.7. The van der Waals surface area contributed by atoms with Crippen LogP contribution in [0.25, 0.3) is 17.1 Å². The standard InChI is InChI=1S/C26H23N7OS2/c1-18-5-7-21(8-6-18)33-24(19-9-13-27-14-10-19)31-32-26(33)36-17-23-30-22(16-35-23)25(34)29-15-11-20-4-2-3-12-28-20/h2-10,12-14,16H,11,15,17H2,1H3,(H,29,34). The summed E-state index contributed by atoms with van der Waals surface area (Å²) in [5, 5.41) is 15.2. The number of hydrogen-bond acceptors (Lipinski definition) is 8. The van der Waals surface area contributed by atoms with Crippen molar-refractivity contribution >= 4 is 29.0 Å². The first-order valence-corrected chi connectivity index (χ1v) is 13.2. The van der Waals surface area contributed by atoms with E-state index in [0.29, 0.717) is 24.4 Å². The van der Waals surface area contributed by atoms with Crippen LogP contribution >= 0.6 is 23.1 Å². The molecule has 0 spiro atoms. The van der Waals surface area contributed by atoms with Crippen molar-refractivity contribution in [3.63, 3.8) is 0 Å². The fourth-order valence-electron chi connectivity index (χ4n) is 3.53. The average Bonchev–Trinajstić information content (AvgIpc) is 3.57. The molecule has 0 atom stereocenters. The molecule has 5 rings (SSSR count). The molecule has 0 aliphatic rings. The SMILES string of the molecule is Cc1ccc(-n2c(SCc3nc(C(=O)NCCc4ccccn4)cs3)nnc2-c2ccncc2)cc1. The van der Waals surface area contributed by atoms with Gasteiger partial charge in [-0.25, -0.2) is 4.98 Å². The fraction of sp³-hybridized carbons (Fsp3) is 0.154. The molecule has 1 aromatic carbocycles. The van der Waals surface area contributed by atoms with Crippen molar-refractivity contribution in [3.8, 4) is 17.1 Å². The number of nitrogens with one attached hydrogen (secondary N) is 1. The number of thioether (sulfide) groups is 1. The highest BCUT2D eigenvalue weighted by Crippen LogP contribution is 2.30. The predicted molar refractivity (Wildman–Crippen MR) is 141 cm³/mol. The van der Waals surface area contributed by atoms with E-state index < -0.39 is 0 Å². The summed E-state index contributed by atoms with van der Waals surface area (Å²) in [7, 11) is 0. The summed E-state index contributed by atoms with van der Waals surface area (Å²) in [4.78, 5) is 25.4. The van der Waals surface area contributed by atoms with Gasteiger partial charge < -0.3 is 5.32 Å². The zero-order valence-electron chi connectivity index (χ0n) is 19.5. The van der Waals surface area contributed by atoms with Gasteiger partial charge in [0, 0.05) is 53.9 Å². The highest BCUT2D eigenvalue weighted by Gasteiger charge is 2.17. The highest BCUT2D eigenvalue weighted by molar-refractivity contribution is 7.98. The third-order valence-corrected chi connectivity index (χ3v) is 7.34. The molecule has 36 heavy (non-hydrogen) atoms. The maximum atomic E-state index is 12.5. The molecule has 0 fully saturated rings. The third kappa shape index (κ3) is 5.67. The van der Waals surface area contributed by atoms with Gasteiger partial charge in [0.05, 0.1) is 5.75 Å². The summed E-state index contributed by atoms with van der Waals surface area (Å²) in [5.74, 6) is 1.14. The van der Waals surface area contributed by atoms with Gasteiger partial charge in [-0.1, -0.05) is 35.5 Å². The quantitative estimate of drug-likeness (QED) is 0.284. The Balaban J connectivity index is 1.28. The maximum Gasteiger partial charge on any atom is 0.270 e. The summed E-state index contributed by atoms with van der Waals surface area (Å²) in [5.41, 5.74) is 4.46. The molecular weight excluding hydrogens is 490 g/mol. The van der Waals surface area contributed by atoms with E-state index in [-0.39, 0.29) is 5.91 Å². The Bertz CT molecular complexity index is 1430. The minimum Gasteiger partial charge on any atom is -0.350 e. The predicted octanol–water partition coefficient (Wildman–Crippen LogP) is 4.75. The Labute approximate surface area is 216 Å². The number of thiazole rings is 1. The monoisotopic (exact) mass is 513 g/mol. The second kappa shape index (κ2) is 11.2. The number of aromatic nitrogens is 6. The van der Waals surface area contributed by atoms with Crippen LogP contribution < -0.4 is 5.32 Å². The molecular formula is C26H23N7OS2. The number of hydrogen-bond donors (Lipinski definition) is 1. The lowest BCUT2D eigenvalue weighted by Crippen LogP contribution is -2.26. The Morgan fingerprint density at radius 3 is 2.64 bits per heavy atom. The first-order valence-electron chi connectivity index (χ1n) is 11.4. The van der Waals surface area contributed by atoms with Crippen molar-refractivity contribution in [3.05, 3.63) is 101 Å². The van der Waals surface area contributed by atoms with E-state index in [1.807, 2.05) is 34.9 Å². The summed E-state index contributed by atoms with van der Waals surface area (Å²) in [6.45, 7) is 2.57. The van der Waals surface area contributed by atoms with Gasteiger partial charge in [-0.15, -0.1) is 21.5 Å². The number of nitrogens with zero attached hydrogens (tertiary/aromatic N) is 6. The van der Waals surface area contributed by atoms with Gasteiger partial charge in [0.25, 0.3) is 5.91 Å². The smallest absolute Gasteiger partial charge is 0.270 e. The molecule has 4 aromatic heterocycles. The molecule has 0 bridgehead atoms. The van der Waals surface area contributed by atoms with Crippen molar-refractivity contribution in [2.45, 2.75) is 24.3 Å². The summed E-state index contributed by atoms with van der Waals surface area (Å²) < 4.78 is 2.04. The molecule has 0 aliphatic heterocycles. The zero-order valence-corrected chi connectivity index (χ0v) is 21.2. The average molecular weight is 514 g/mol. The van der Waals surface area contributed by atoms with Crippen LogP contribution in [-0.2, 0) is 12.2 Å². The molecule has 4 heterocycles. The van der Waals surface area contributed by atoms with Gasteiger partial charge in [0.1, 0.15) is 10.7 Å². The number of amides is 1. The van der Waals surface area contributed by atoms with Crippen LogP contribution in [0.15, 0.2) is 83.7 Å². The van der Waals surface area contributed by atoms with Crippen LogP contribution in [-0.4, -0.2) is 42.2 Å². The Morgan fingerprint density at radius 1 is 1.03 bits per heavy atom. The number of rotatable bonds is 9. The Morgan fingerprint density at radius 2 is 1.86 bits per heavy atom. The maximum absolute atomic E-state index is 12.5. The van der Waals surface area contributed by atoms with E-state index in [0.717, 1.165) is 32.9 Å². The number of carbonyl (C=O) groups excluding carboxylic acids is 1. The van der Waals surface area contributed by atoms with Crippen LogP contribution in [0.2, 0.25) is 0 Å². The molecule has 0 unspecified atom stereocenters. The molecule has 5 aromatic rings. The number of carbonyl (C=O) groups is 1. The summed E-state index contributed by atoms with van der Waals surface area (Å²) >= 11 is 3.00. The van der Waals surface area contributed by atoms with Crippen molar-refractivity contribution in [2.24, 2.45) is 0 Å². The summed E-state index contributed by atoms with van der Waals surface area (Å²) in [6.07, 6.45) is 5.92. The van der Waals surface area contributed by atoms with Gasteiger partial charge in [-0.05, 0) is 43.3 Å². The van der Waals surface area contributed by atoms with Crippen molar-refractivity contribution in [2.75, 3.05) is 6.54 Å². The fourth-order valence-corrected chi connectivity index (χ4v) is 5.27. The van der Waals surface area contributed by atoms with Crippen LogP contribution in [0.1, 0.15) is 26.8 Å². The van der Waals surface area contributed by atoms with Crippen LogP contribution in [0.3, 0.4) is 0 Å². The Kier molecular flexibility index (Phi) is 7.44. The van der Waals surface area contributed by atoms with E-state index in [1.165, 1.54) is 28.7 Å². The van der Waals surface area contributed by atoms with Gasteiger partial charge >= 0.3 is 0 Å². The van der Waals surface area contributed by atoms with Crippen molar-refractivity contribution in [1.29, 1.82) is 0 Å². The molecule has 10 heteroatoms. The lowest BCUT2D eigenvalue weighted by Gasteiger charge is -2.10. The van der Waals surface area contributed by atoms with Crippen LogP contribution in [0.4, 0.5) is 0 Å². The molecule has 0 radical (unpaired) electrons. The third-order valence-electron chi connectivity index (χ3n) is 5.37. The number of aryl methyl sites for hydroxylation is 1. The topological polar surface area (TPSA) is 98.5 Å². The first-order chi connectivity index (χ1) is 17.7. The van der Waals surface area contributed by atoms with Gasteiger partial charge in [0.2, 0.25) is 0 Å². The van der Waals surface area contributed by atoms with Gasteiger partial charge in [-0.2, -0.15) is 0 Å². The molecule has 1 N–H and O–H groups in total. The van der Waals surface area contributed by atoms with E-state index in [2.05, 4.69) is 61.7 Å². The molecule has 0 aliphatic carbocycles. The number of pyridine rings is 2. The minimum atomic E-state index is -0.179. The highest BCUT2D eigenvalue weighted by atomic mass is 32.2. The number of benzene rings is 1. The second-order valence-electron chi connectivity index (χ2n) is 7.96. The largest absolute Gasteiger partial charge is 0.350 e. The Hall–Kier alpha value is -3.89. The lowest BCUT2D eigenvalue weighted by atomic mass is 10.2. The van der Waals surface area contributed by atoms with Gasteiger partial charge in [0.15, 0.2) is 11.0 Å².